The SMILES string of the molecule is COC(=O)N1CCN(CCNS(=O)(=O)c2cc(F)cc(F)c2)CC1. The van der Waals surface area contributed by atoms with Crippen molar-refractivity contribution in [1.29, 1.82) is 0 Å². The average Bonchev–Trinajstić information content (AvgIpc) is 2.53. The third-order valence-corrected chi connectivity index (χ3v) is 5.11. The predicted molar refractivity (Wildman–Crippen MR) is 82.0 cm³/mol. The van der Waals surface area contributed by atoms with E-state index >= 15 is 0 Å². The first-order chi connectivity index (χ1) is 11.3. The molecule has 0 unspecified atom stereocenters. The third kappa shape index (κ3) is 4.86. The molecule has 7 nitrogen and oxygen atoms in total. The number of nitrogens with one attached hydrogen (secondary N) is 1. The van der Waals surface area contributed by atoms with Gasteiger partial charge in [0.2, 0.25) is 10.0 Å². The summed E-state index contributed by atoms with van der Waals surface area (Å²) < 4.78 is 57.2. The van der Waals surface area contributed by atoms with E-state index in [0.717, 1.165) is 12.1 Å². The van der Waals surface area contributed by atoms with Gasteiger partial charge < -0.3 is 9.64 Å². The van der Waals surface area contributed by atoms with E-state index in [0.29, 0.717) is 38.8 Å². The molecule has 1 heterocycles. The van der Waals surface area contributed by atoms with Crippen LogP contribution in [0.3, 0.4) is 0 Å². The number of hydrogen-bond donors (Lipinski definition) is 1. The molecule has 0 aliphatic carbocycles. The van der Waals surface area contributed by atoms with Crippen LogP contribution < -0.4 is 4.72 Å². The van der Waals surface area contributed by atoms with Crippen LogP contribution in [0.15, 0.2) is 23.1 Å². The van der Waals surface area contributed by atoms with Crippen molar-refractivity contribution in [3.63, 3.8) is 0 Å². The van der Waals surface area contributed by atoms with Gasteiger partial charge in [0.05, 0.1) is 12.0 Å². The smallest absolute Gasteiger partial charge is 0.409 e. The van der Waals surface area contributed by atoms with Crippen LogP contribution in [0.5, 0.6) is 0 Å². The lowest BCUT2D eigenvalue weighted by Crippen LogP contribution is -2.50. The highest BCUT2D eigenvalue weighted by molar-refractivity contribution is 7.89. The normalized spacial score (nSPS) is 16.2. The summed E-state index contributed by atoms with van der Waals surface area (Å²) in [7, 11) is -2.66. The molecule has 0 spiro atoms. The number of hydrogen-bond acceptors (Lipinski definition) is 5. The van der Waals surface area contributed by atoms with Gasteiger partial charge in [-0.25, -0.2) is 26.7 Å². The lowest BCUT2D eigenvalue weighted by atomic mass is 10.3. The molecule has 0 radical (unpaired) electrons. The number of piperazine rings is 1. The molecule has 0 aromatic heterocycles. The fourth-order valence-corrected chi connectivity index (χ4v) is 3.45. The van der Waals surface area contributed by atoms with Crippen LogP contribution in [0.1, 0.15) is 0 Å². The van der Waals surface area contributed by atoms with Crippen molar-refractivity contribution in [2.45, 2.75) is 4.90 Å². The molecule has 1 N–H and O–H groups in total. The molecule has 1 saturated heterocycles. The van der Waals surface area contributed by atoms with Crippen molar-refractivity contribution >= 4 is 16.1 Å². The Morgan fingerprint density at radius 2 is 1.75 bits per heavy atom. The van der Waals surface area contributed by atoms with E-state index in [1.54, 1.807) is 4.90 Å². The van der Waals surface area contributed by atoms with Gasteiger partial charge in [-0.3, -0.25) is 4.90 Å². The second kappa shape index (κ2) is 7.86. The Bertz CT molecular complexity index is 671. The van der Waals surface area contributed by atoms with Crippen LogP contribution in [0, 0.1) is 11.6 Å². The zero-order chi connectivity index (χ0) is 17.7. The fourth-order valence-electron chi connectivity index (χ4n) is 2.39. The molecule has 0 saturated carbocycles. The summed E-state index contributed by atoms with van der Waals surface area (Å²) in [5.41, 5.74) is 0. The third-order valence-electron chi connectivity index (χ3n) is 3.67. The van der Waals surface area contributed by atoms with Gasteiger partial charge in [-0.2, -0.15) is 0 Å². The van der Waals surface area contributed by atoms with E-state index in [2.05, 4.69) is 9.46 Å². The van der Waals surface area contributed by atoms with E-state index in [4.69, 9.17) is 0 Å². The minimum Gasteiger partial charge on any atom is -0.453 e. The maximum absolute atomic E-state index is 13.1. The van der Waals surface area contributed by atoms with Crippen molar-refractivity contribution in [1.82, 2.24) is 14.5 Å². The van der Waals surface area contributed by atoms with Crippen molar-refractivity contribution in [3.8, 4) is 0 Å². The largest absolute Gasteiger partial charge is 0.453 e. The minimum absolute atomic E-state index is 0.0959. The summed E-state index contributed by atoms with van der Waals surface area (Å²) in [6.07, 6.45) is -0.386. The highest BCUT2D eigenvalue weighted by Gasteiger charge is 2.22. The van der Waals surface area contributed by atoms with Crippen LogP contribution in [0.2, 0.25) is 0 Å². The molecular formula is C14H19F2N3O4S. The highest BCUT2D eigenvalue weighted by Crippen LogP contribution is 2.13. The summed E-state index contributed by atoms with van der Waals surface area (Å²) in [4.78, 5) is 14.5. The van der Waals surface area contributed by atoms with Crippen LogP contribution in [0.4, 0.5) is 13.6 Å². The summed E-state index contributed by atoms with van der Waals surface area (Å²) in [5.74, 6) is -1.90. The fraction of sp³-hybridized carbons (Fsp3) is 0.500. The molecule has 1 fully saturated rings. The van der Waals surface area contributed by atoms with Gasteiger partial charge in [0, 0.05) is 45.3 Å². The number of rotatable bonds is 5. The average molecular weight is 363 g/mol. The quantitative estimate of drug-likeness (QED) is 0.830. The Kier molecular flexibility index (Phi) is 6.08. The number of ether oxygens (including phenoxy) is 1. The van der Waals surface area contributed by atoms with Crippen molar-refractivity contribution in [2.24, 2.45) is 0 Å². The van der Waals surface area contributed by atoms with Gasteiger partial charge in [0.25, 0.3) is 0 Å². The van der Waals surface area contributed by atoms with Gasteiger partial charge in [0.15, 0.2) is 0 Å². The summed E-state index contributed by atoms with van der Waals surface area (Å²) in [6, 6.07) is 2.14. The summed E-state index contributed by atoms with van der Waals surface area (Å²) in [6.45, 7) is 2.69. The van der Waals surface area contributed by atoms with Gasteiger partial charge in [0.1, 0.15) is 11.6 Å². The number of halogens is 2. The Labute approximate surface area is 139 Å². The molecule has 1 aromatic rings. The number of sulfonamides is 1. The molecule has 1 aliphatic heterocycles. The topological polar surface area (TPSA) is 79.0 Å². The van der Waals surface area contributed by atoms with Crippen LogP contribution >= 0.6 is 0 Å². The minimum atomic E-state index is -3.98. The lowest BCUT2D eigenvalue weighted by molar-refractivity contribution is 0.0918. The Balaban J connectivity index is 1.83. The first kappa shape index (κ1) is 18.6. The van der Waals surface area contributed by atoms with Gasteiger partial charge in [-0.05, 0) is 12.1 Å². The Morgan fingerprint density at radius 3 is 2.29 bits per heavy atom. The monoisotopic (exact) mass is 363 g/mol. The molecule has 1 amide bonds. The number of amides is 1. The molecule has 24 heavy (non-hydrogen) atoms. The second-order valence-electron chi connectivity index (χ2n) is 5.30. The Hall–Kier alpha value is -1.78. The molecule has 134 valence electrons. The first-order valence-electron chi connectivity index (χ1n) is 7.33. The van der Waals surface area contributed by atoms with Crippen LogP contribution in [0.25, 0.3) is 0 Å². The number of benzene rings is 1. The van der Waals surface area contributed by atoms with Gasteiger partial charge in [-0.15, -0.1) is 0 Å². The van der Waals surface area contributed by atoms with Crippen LogP contribution in [-0.2, 0) is 14.8 Å². The molecule has 1 aliphatic rings. The van der Waals surface area contributed by atoms with Crippen molar-refractivity contribution in [2.75, 3.05) is 46.4 Å². The predicted octanol–water partition coefficient (Wildman–Crippen LogP) is 0.627. The molecule has 1 aromatic carbocycles. The molecular weight excluding hydrogens is 344 g/mol. The Morgan fingerprint density at radius 1 is 1.17 bits per heavy atom. The summed E-state index contributed by atoms with van der Waals surface area (Å²) in [5, 5.41) is 0. The van der Waals surface area contributed by atoms with Crippen molar-refractivity contribution in [3.05, 3.63) is 29.8 Å². The van der Waals surface area contributed by atoms with E-state index in [9.17, 15) is 22.0 Å². The number of nitrogens with zero attached hydrogens (tertiary/aromatic N) is 2. The number of carbonyl (C=O) groups excluding carboxylic acids is 1. The first-order valence-corrected chi connectivity index (χ1v) is 8.81. The van der Waals surface area contributed by atoms with E-state index < -0.39 is 26.6 Å². The van der Waals surface area contributed by atoms with E-state index in [-0.39, 0.29) is 12.6 Å². The summed E-state index contributed by atoms with van der Waals surface area (Å²) >= 11 is 0. The molecule has 0 bridgehead atoms. The maximum atomic E-state index is 13.1. The van der Waals surface area contributed by atoms with Gasteiger partial charge >= 0.3 is 6.09 Å². The maximum Gasteiger partial charge on any atom is 0.409 e. The van der Waals surface area contributed by atoms with Crippen LogP contribution in [-0.4, -0.2) is 70.7 Å². The number of methoxy groups -OCH3 is 1. The van der Waals surface area contributed by atoms with Gasteiger partial charge in [-0.1, -0.05) is 0 Å². The molecule has 2 rings (SSSR count). The van der Waals surface area contributed by atoms with E-state index in [1.165, 1.54) is 7.11 Å². The zero-order valence-electron chi connectivity index (χ0n) is 13.2. The molecule has 0 atom stereocenters. The second-order valence-corrected chi connectivity index (χ2v) is 7.07. The highest BCUT2D eigenvalue weighted by atomic mass is 32.2. The zero-order valence-corrected chi connectivity index (χ0v) is 14.0. The lowest BCUT2D eigenvalue weighted by Gasteiger charge is -2.33. The molecule has 10 heteroatoms. The standard InChI is InChI=1S/C14H19F2N3O4S/c1-23-14(20)19-6-4-18(5-7-19)3-2-17-24(21,22)13-9-11(15)8-12(16)10-13/h8-10,17H,2-7H2,1H3. The van der Waals surface area contributed by atoms with E-state index in [1.807, 2.05) is 4.90 Å². The van der Waals surface area contributed by atoms with Crippen molar-refractivity contribution < 1.29 is 26.7 Å². The number of carbonyl (C=O) groups is 1.